The summed E-state index contributed by atoms with van der Waals surface area (Å²) in [7, 11) is 1.44. The van der Waals surface area contributed by atoms with E-state index in [1.54, 1.807) is 12.1 Å². The number of nitrogens with zero attached hydrogens (tertiary/aromatic N) is 1. The van der Waals surface area contributed by atoms with E-state index < -0.39 is 4.92 Å². The number of nitrogens with two attached hydrogens (primary N) is 1. The first-order valence-corrected chi connectivity index (χ1v) is 7.07. The van der Waals surface area contributed by atoms with E-state index in [0.717, 1.165) is 31.2 Å². The van der Waals surface area contributed by atoms with Crippen molar-refractivity contribution in [2.75, 3.05) is 7.11 Å². The number of nitro benzene ring substituents is 1. The number of nitro groups is 1. The van der Waals surface area contributed by atoms with E-state index in [2.05, 4.69) is 6.92 Å². The Bertz CT molecular complexity index is 504. The van der Waals surface area contributed by atoms with Gasteiger partial charge in [0.2, 0.25) is 0 Å². The zero-order chi connectivity index (χ0) is 14.8. The van der Waals surface area contributed by atoms with Gasteiger partial charge in [-0.2, -0.15) is 0 Å². The molecule has 2 atom stereocenters. The van der Waals surface area contributed by atoms with Crippen molar-refractivity contribution in [3.05, 3.63) is 33.9 Å². The molecule has 1 saturated carbocycles. The van der Waals surface area contributed by atoms with E-state index in [4.69, 9.17) is 10.5 Å². The lowest BCUT2D eigenvalue weighted by Crippen LogP contribution is -2.39. The van der Waals surface area contributed by atoms with Crippen molar-refractivity contribution in [3.63, 3.8) is 0 Å². The van der Waals surface area contributed by atoms with E-state index in [9.17, 15) is 10.1 Å². The third-order valence-corrected chi connectivity index (χ3v) is 4.32. The number of benzene rings is 1. The number of hydrogen-bond donors (Lipinski definition) is 1. The highest BCUT2D eigenvalue weighted by atomic mass is 16.6. The molecule has 0 spiro atoms. The van der Waals surface area contributed by atoms with Gasteiger partial charge >= 0.3 is 5.69 Å². The summed E-state index contributed by atoms with van der Waals surface area (Å²) in [6.45, 7) is 2.19. The van der Waals surface area contributed by atoms with Gasteiger partial charge in [-0.3, -0.25) is 10.1 Å². The van der Waals surface area contributed by atoms with Gasteiger partial charge in [0, 0.05) is 11.6 Å². The summed E-state index contributed by atoms with van der Waals surface area (Å²) in [5, 5.41) is 11.0. The molecule has 1 aromatic carbocycles. The molecule has 20 heavy (non-hydrogen) atoms. The van der Waals surface area contributed by atoms with Gasteiger partial charge in [-0.25, -0.2) is 0 Å². The molecule has 5 heteroatoms. The summed E-state index contributed by atoms with van der Waals surface area (Å²) < 4.78 is 5.02. The van der Waals surface area contributed by atoms with Gasteiger partial charge in [0.05, 0.1) is 12.0 Å². The van der Waals surface area contributed by atoms with Crippen LogP contribution in [0.5, 0.6) is 5.75 Å². The second-order valence-corrected chi connectivity index (χ2v) is 5.82. The molecule has 0 aliphatic heterocycles. The molecule has 0 saturated heterocycles. The largest absolute Gasteiger partial charge is 0.490 e. The molecule has 2 N–H and O–H groups in total. The monoisotopic (exact) mass is 278 g/mol. The predicted octanol–water partition coefficient (Wildman–Crippen LogP) is 3.05. The molecule has 0 radical (unpaired) electrons. The fraction of sp³-hybridized carbons (Fsp3) is 0.600. The summed E-state index contributed by atoms with van der Waals surface area (Å²) >= 11 is 0. The molecular formula is C15H22N2O3. The average Bonchev–Trinajstić information content (AvgIpc) is 2.80. The fourth-order valence-electron chi connectivity index (χ4n) is 3.17. The van der Waals surface area contributed by atoms with Crippen LogP contribution in [0.3, 0.4) is 0 Å². The Labute approximate surface area is 119 Å². The quantitative estimate of drug-likeness (QED) is 0.663. The van der Waals surface area contributed by atoms with Crippen molar-refractivity contribution in [2.24, 2.45) is 11.7 Å². The van der Waals surface area contributed by atoms with E-state index in [0.29, 0.717) is 18.1 Å². The Hall–Kier alpha value is -1.62. The molecule has 1 aliphatic carbocycles. The van der Waals surface area contributed by atoms with Crippen LogP contribution in [0.2, 0.25) is 0 Å². The minimum atomic E-state index is -0.408. The van der Waals surface area contributed by atoms with E-state index in [-0.39, 0.29) is 11.2 Å². The summed E-state index contributed by atoms with van der Waals surface area (Å²) in [5.41, 5.74) is 7.16. The van der Waals surface area contributed by atoms with Crippen molar-refractivity contribution in [1.82, 2.24) is 0 Å². The maximum absolute atomic E-state index is 11.0. The van der Waals surface area contributed by atoms with E-state index in [1.165, 1.54) is 7.11 Å². The lowest BCUT2D eigenvalue weighted by molar-refractivity contribution is -0.385. The second-order valence-electron chi connectivity index (χ2n) is 5.82. The Kier molecular flexibility index (Phi) is 4.28. The van der Waals surface area contributed by atoms with Crippen LogP contribution in [0, 0.1) is 16.0 Å². The number of methoxy groups -OCH3 is 1. The molecule has 2 unspecified atom stereocenters. The lowest BCUT2D eigenvalue weighted by Gasteiger charge is -2.24. The third kappa shape index (κ3) is 3.10. The van der Waals surface area contributed by atoms with Gasteiger partial charge in [0.1, 0.15) is 0 Å². The molecule has 110 valence electrons. The van der Waals surface area contributed by atoms with Crippen molar-refractivity contribution in [2.45, 2.75) is 44.6 Å². The molecule has 0 aromatic heterocycles. The zero-order valence-electron chi connectivity index (χ0n) is 12.1. The highest BCUT2D eigenvalue weighted by molar-refractivity contribution is 5.49. The van der Waals surface area contributed by atoms with Gasteiger partial charge in [0.25, 0.3) is 0 Å². The van der Waals surface area contributed by atoms with Gasteiger partial charge < -0.3 is 10.5 Å². The average molecular weight is 278 g/mol. The molecule has 0 amide bonds. The lowest BCUT2D eigenvalue weighted by atomic mass is 9.88. The van der Waals surface area contributed by atoms with Crippen LogP contribution in [0.1, 0.15) is 38.2 Å². The van der Waals surface area contributed by atoms with Crippen molar-refractivity contribution in [1.29, 1.82) is 0 Å². The van der Waals surface area contributed by atoms with Crippen LogP contribution in [0.25, 0.3) is 0 Å². The molecule has 2 rings (SSSR count). The van der Waals surface area contributed by atoms with Crippen molar-refractivity contribution in [3.8, 4) is 5.75 Å². The highest BCUT2D eigenvalue weighted by Crippen LogP contribution is 2.38. The van der Waals surface area contributed by atoms with Crippen LogP contribution < -0.4 is 10.5 Å². The Morgan fingerprint density at radius 2 is 2.30 bits per heavy atom. The summed E-state index contributed by atoms with van der Waals surface area (Å²) in [6.07, 6.45) is 5.00. The fourth-order valence-corrected chi connectivity index (χ4v) is 3.17. The van der Waals surface area contributed by atoms with Crippen LogP contribution in [0.15, 0.2) is 18.2 Å². The number of rotatable bonds is 5. The summed E-state index contributed by atoms with van der Waals surface area (Å²) in [4.78, 5) is 10.6. The summed E-state index contributed by atoms with van der Waals surface area (Å²) in [5.74, 6) is 0.982. The van der Waals surface area contributed by atoms with E-state index in [1.807, 2.05) is 6.07 Å². The first-order valence-electron chi connectivity index (χ1n) is 7.07. The first kappa shape index (κ1) is 14.8. The maximum atomic E-state index is 11.0. The Balaban J connectivity index is 2.18. The van der Waals surface area contributed by atoms with Crippen molar-refractivity contribution >= 4 is 5.69 Å². The topological polar surface area (TPSA) is 78.4 Å². The molecule has 5 nitrogen and oxygen atoms in total. The summed E-state index contributed by atoms with van der Waals surface area (Å²) in [6, 6.07) is 5.12. The minimum Gasteiger partial charge on any atom is -0.490 e. The molecule has 1 aliphatic rings. The molecule has 1 aromatic rings. The number of hydrogen-bond acceptors (Lipinski definition) is 4. The van der Waals surface area contributed by atoms with Gasteiger partial charge in [-0.15, -0.1) is 0 Å². The van der Waals surface area contributed by atoms with E-state index >= 15 is 0 Å². The first-order chi connectivity index (χ1) is 9.47. The normalized spacial score (nSPS) is 25.6. The van der Waals surface area contributed by atoms with Crippen molar-refractivity contribution < 1.29 is 9.66 Å². The third-order valence-electron chi connectivity index (χ3n) is 4.32. The standard InChI is InChI=1S/C15H22N2O3/c1-3-11-6-7-15(16,9-11)10-12-4-5-14(20-2)13(8-12)17(18)19/h4-5,8,11H,3,6-7,9-10,16H2,1-2H3. The smallest absolute Gasteiger partial charge is 0.311 e. The Morgan fingerprint density at radius 1 is 1.55 bits per heavy atom. The molecule has 0 bridgehead atoms. The predicted molar refractivity (Wildman–Crippen MR) is 77.9 cm³/mol. The molecule has 1 fully saturated rings. The van der Waals surface area contributed by atoms with Crippen LogP contribution in [-0.2, 0) is 6.42 Å². The highest BCUT2D eigenvalue weighted by Gasteiger charge is 2.35. The number of ether oxygens (including phenoxy) is 1. The van der Waals surface area contributed by atoms with Gasteiger partial charge in [-0.1, -0.05) is 19.4 Å². The zero-order valence-corrected chi connectivity index (χ0v) is 12.1. The van der Waals surface area contributed by atoms with Gasteiger partial charge in [0.15, 0.2) is 5.75 Å². The van der Waals surface area contributed by atoms with Gasteiger partial charge in [-0.05, 0) is 43.2 Å². The maximum Gasteiger partial charge on any atom is 0.311 e. The minimum absolute atomic E-state index is 0.0126. The SMILES string of the molecule is CCC1CCC(N)(Cc2ccc(OC)c([N+](=O)[O-])c2)C1. The molecule has 0 heterocycles. The second kappa shape index (κ2) is 5.79. The Morgan fingerprint density at radius 3 is 2.85 bits per heavy atom. The molecular weight excluding hydrogens is 256 g/mol. The van der Waals surface area contributed by atoms with Crippen LogP contribution in [-0.4, -0.2) is 17.6 Å². The van der Waals surface area contributed by atoms with Crippen LogP contribution in [0.4, 0.5) is 5.69 Å². The van der Waals surface area contributed by atoms with Crippen LogP contribution >= 0.6 is 0 Å².